The molecule has 1 N–H and O–H groups in total. The van der Waals surface area contributed by atoms with Gasteiger partial charge in [0.25, 0.3) is 20.2 Å². The molecule has 0 aromatic heterocycles. The summed E-state index contributed by atoms with van der Waals surface area (Å²) < 4.78 is 52.5. The highest BCUT2D eigenvalue weighted by Crippen LogP contribution is 2.05. The molecule has 0 aliphatic rings. The fourth-order valence-corrected chi connectivity index (χ4v) is 2.29. The minimum Gasteiger partial charge on any atom is -0.480 e. The summed E-state index contributed by atoms with van der Waals surface area (Å²) in [6.07, 6.45) is 1.74. The number of carboxylic acids is 1. The normalized spacial score (nSPS) is 14.0. The van der Waals surface area contributed by atoms with E-state index in [1.165, 1.54) is 4.90 Å². The van der Waals surface area contributed by atoms with Crippen LogP contribution in [0.2, 0.25) is 0 Å². The number of hydrogen-bond acceptors (Lipinski definition) is 9. The molecular formula is C10H19NO9S2. The topological polar surface area (TPSA) is 144 Å². The van der Waals surface area contributed by atoms with Gasteiger partial charge in [-0.1, -0.05) is 0 Å². The Kier molecular flexibility index (Phi) is 8.70. The van der Waals surface area contributed by atoms with Crippen LogP contribution >= 0.6 is 0 Å². The van der Waals surface area contributed by atoms with Crippen LogP contribution in [0, 0.1) is 0 Å². The molecule has 0 heterocycles. The first kappa shape index (κ1) is 20.9. The predicted octanol–water partition coefficient (Wildman–Crippen LogP) is -1.72. The Hall–Kier alpha value is -1.08. The lowest BCUT2D eigenvalue weighted by atomic mass is 10.2. The molecule has 0 aliphatic heterocycles. The zero-order valence-electron chi connectivity index (χ0n) is 12.2. The van der Waals surface area contributed by atoms with Gasteiger partial charge in [-0.25, -0.2) is 0 Å². The van der Waals surface area contributed by atoms with E-state index in [1.54, 1.807) is 0 Å². The Bertz CT molecular complexity index is 531. The first-order chi connectivity index (χ1) is 9.96. The molecule has 10 nitrogen and oxygen atoms in total. The minimum absolute atomic E-state index is 0.134. The van der Waals surface area contributed by atoms with Crippen LogP contribution in [0.4, 0.5) is 0 Å². The second-order valence-electron chi connectivity index (χ2n) is 4.34. The Morgan fingerprint density at radius 1 is 1.09 bits per heavy atom. The van der Waals surface area contributed by atoms with Gasteiger partial charge in [-0.2, -0.15) is 16.8 Å². The van der Waals surface area contributed by atoms with Gasteiger partial charge in [-0.15, -0.1) is 0 Å². The number of aldehydes is 1. The molecule has 130 valence electrons. The van der Waals surface area contributed by atoms with Crippen molar-refractivity contribution in [2.75, 3.05) is 38.8 Å². The number of carbonyl (C=O) groups is 2. The quantitative estimate of drug-likeness (QED) is 0.315. The Morgan fingerprint density at radius 2 is 1.50 bits per heavy atom. The second-order valence-corrected chi connectivity index (χ2v) is 7.63. The van der Waals surface area contributed by atoms with E-state index in [0.29, 0.717) is 6.29 Å². The van der Waals surface area contributed by atoms with Gasteiger partial charge in [0, 0.05) is 19.5 Å². The van der Waals surface area contributed by atoms with Gasteiger partial charge >= 0.3 is 5.97 Å². The van der Waals surface area contributed by atoms with Gasteiger partial charge in [0.15, 0.2) is 0 Å². The van der Waals surface area contributed by atoms with E-state index in [2.05, 4.69) is 8.37 Å². The molecule has 0 rings (SSSR count). The molecule has 0 amide bonds. The fourth-order valence-electron chi connectivity index (χ4n) is 1.53. The van der Waals surface area contributed by atoms with E-state index in [1.807, 2.05) is 0 Å². The highest BCUT2D eigenvalue weighted by atomic mass is 32.2. The van der Waals surface area contributed by atoms with Crippen molar-refractivity contribution in [2.24, 2.45) is 0 Å². The van der Waals surface area contributed by atoms with Crippen LogP contribution in [0.15, 0.2) is 0 Å². The van der Waals surface area contributed by atoms with E-state index in [0.717, 1.165) is 12.5 Å². The standard InChI is InChI=1S/C10H19NO9S2/c1-21(15,16)19-7-4-11(5-8-20-22(2,17)18)9(3-6-12)10(13)14/h6,9H,3-5,7-8H2,1-2H3,(H,13,14). The van der Waals surface area contributed by atoms with Crippen LogP contribution in [-0.4, -0.2) is 84.0 Å². The lowest BCUT2D eigenvalue weighted by Gasteiger charge is -2.27. The van der Waals surface area contributed by atoms with E-state index in [4.69, 9.17) is 5.11 Å². The molecule has 0 aliphatic carbocycles. The van der Waals surface area contributed by atoms with Crippen molar-refractivity contribution in [3.8, 4) is 0 Å². The van der Waals surface area contributed by atoms with Gasteiger partial charge in [-0.05, 0) is 0 Å². The number of rotatable bonds is 12. The van der Waals surface area contributed by atoms with E-state index >= 15 is 0 Å². The second kappa shape index (κ2) is 9.15. The fraction of sp³-hybridized carbons (Fsp3) is 0.800. The summed E-state index contributed by atoms with van der Waals surface area (Å²) >= 11 is 0. The van der Waals surface area contributed by atoms with Crippen LogP contribution < -0.4 is 0 Å². The third kappa shape index (κ3) is 10.6. The Balaban J connectivity index is 4.79. The average Bonchev–Trinajstić information content (AvgIpc) is 2.31. The summed E-state index contributed by atoms with van der Waals surface area (Å²) in [7, 11) is -7.39. The van der Waals surface area contributed by atoms with Gasteiger partial charge in [0.1, 0.15) is 12.3 Å². The third-order valence-corrected chi connectivity index (χ3v) is 3.59. The maximum absolute atomic E-state index is 11.1. The number of nitrogens with zero attached hydrogens (tertiary/aromatic N) is 1. The molecule has 1 unspecified atom stereocenters. The summed E-state index contributed by atoms with van der Waals surface area (Å²) in [6.45, 7) is -0.934. The molecule has 22 heavy (non-hydrogen) atoms. The smallest absolute Gasteiger partial charge is 0.321 e. The molecule has 0 aromatic carbocycles. The lowest BCUT2D eigenvalue weighted by Crippen LogP contribution is -2.45. The van der Waals surface area contributed by atoms with Crippen LogP contribution in [0.25, 0.3) is 0 Å². The monoisotopic (exact) mass is 361 g/mol. The molecular weight excluding hydrogens is 342 g/mol. The molecule has 0 aromatic rings. The minimum atomic E-state index is -3.69. The van der Waals surface area contributed by atoms with Crippen molar-refractivity contribution in [1.82, 2.24) is 4.90 Å². The summed E-state index contributed by atoms with van der Waals surface area (Å²) in [5.74, 6) is -1.30. The SMILES string of the molecule is CS(=O)(=O)OCCN(CCOS(C)(=O)=O)C(CC=O)C(=O)O. The van der Waals surface area contributed by atoms with Crippen LogP contribution in [0.1, 0.15) is 6.42 Å². The molecule has 0 bridgehead atoms. The Morgan fingerprint density at radius 3 is 1.77 bits per heavy atom. The van der Waals surface area contributed by atoms with Crippen molar-refractivity contribution in [3.05, 3.63) is 0 Å². The van der Waals surface area contributed by atoms with Crippen LogP contribution in [-0.2, 0) is 38.2 Å². The molecule has 12 heteroatoms. The summed E-state index contributed by atoms with van der Waals surface area (Å²) in [5.41, 5.74) is 0. The first-order valence-corrected chi connectivity index (χ1v) is 9.69. The van der Waals surface area contributed by atoms with Crippen LogP contribution in [0.5, 0.6) is 0 Å². The summed E-state index contributed by atoms with van der Waals surface area (Å²) in [4.78, 5) is 22.9. The van der Waals surface area contributed by atoms with Gasteiger partial charge in [0.05, 0.1) is 25.7 Å². The molecule has 0 radical (unpaired) electrons. The van der Waals surface area contributed by atoms with E-state index in [-0.39, 0.29) is 32.7 Å². The zero-order valence-corrected chi connectivity index (χ0v) is 13.8. The highest BCUT2D eigenvalue weighted by Gasteiger charge is 2.25. The lowest BCUT2D eigenvalue weighted by molar-refractivity contribution is -0.144. The summed E-state index contributed by atoms with van der Waals surface area (Å²) in [5, 5.41) is 9.07. The van der Waals surface area contributed by atoms with Crippen molar-refractivity contribution in [3.63, 3.8) is 0 Å². The maximum atomic E-state index is 11.1. The van der Waals surface area contributed by atoms with Gasteiger partial charge < -0.3 is 9.90 Å². The molecule has 0 saturated heterocycles. The van der Waals surface area contributed by atoms with Crippen molar-refractivity contribution >= 4 is 32.5 Å². The van der Waals surface area contributed by atoms with Crippen LogP contribution in [0.3, 0.4) is 0 Å². The van der Waals surface area contributed by atoms with Gasteiger partial charge in [-0.3, -0.25) is 18.1 Å². The van der Waals surface area contributed by atoms with Crippen molar-refractivity contribution in [1.29, 1.82) is 0 Å². The largest absolute Gasteiger partial charge is 0.480 e. The molecule has 0 spiro atoms. The number of carboxylic acid groups (broad SMARTS) is 1. The van der Waals surface area contributed by atoms with E-state index in [9.17, 15) is 26.4 Å². The first-order valence-electron chi connectivity index (χ1n) is 6.05. The molecule has 0 saturated carbocycles. The Labute approximate surface area is 129 Å². The van der Waals surface area contributed by atoms with E-state index < -0.39 is 32.2 Å². The number of hydrogen-bond donors (Lipinski definition) is 1. The molecule has 0 fully saturated rings. The summed E-state index contributed by atoms with van der Waals surface area (Å²) in [6, 6.07) is -1.23. The highest BCUT2D eigenvalue weighted by molar-refractivity contribution is 7.86. The van der Waals surface area contributed by atoms with Crippen molar-refractivity contribution < 1.29 is 39.9 Å². The number of carbonyl (C=O) groups excluding carboxylic acids is 1. The molecule has 1 atom stereocenters. The third-order valence-electron chi connectivity index (χ3n) is 2.40. The maximum Gasteiger partial charge on any atom is 0.321 e. The average molecular weight is 361 g/mol. The number of aliphatic carboxylic acids is 1. The zero-order chi connectivity index (χ0) is 17.4. The predicted molar refractivity (Wildman–Crippen MR) is 75.3 cm³/mol. The van der Waals surface area contributed by atoms with Gasteiger partial charge in [0.2, 0.25) is 0 Å². The van der Waals surface area contributed by atoms with Crippen molar-refractivity contribution in [2.45, 2.75) is 12.5 Å².